The van der Waals surface area contributed by atoms with Crippen molar-refractivity contribution < 1.29 is 4.74 Å². The van der Waals surface area contributed by atoms with Crippen LogP contribution in [-0.2, 0) is 4.74 Å². The first-order valence-electron chi connectivity index (χ1n) is 8.99. The molecule has 0 aliphatic heterocycles. The van der Waals surface area contributed by atoms with Gasteiger partial charge in [-0.25, -0.2) is 0 Å². The smallest absolute Gasteiger partial charge is 0.0601 e. The Morgan fingerprint density at radius 3 is 2.20 bits per heavy atom. The summed E-state index contributed by atoms with van der Waals surface area (Å²) < 4.78 is 5.97. The minimum absolute atomic E-state index is 0.523. The molecule has 0 heterocycles. The van der Waals surface area contributed by atoms with Crippen molar-refractivity contribution in [3.63, 3.8) is 0 Å². The molecule has 0 aromatic rings. The molecule has 116 valence electrons. The van der Waals surface area contributed by atoms with Crippen LogP contribution in [0.4, 0.5) is 0 Å². The molecule has 3 unspecified atom stereocenters. The third-order valence-corrected chi connectivity index (χ3v) is 5.38. The molecular formula is C19H34O. The van der Waals surface area contributed by atoms with Crippen LogP contribution in [0.25, 0.3) is 0 Å². The molecule has 0 aromatic carbocycles. The van der Waals surface area contributed by atoms with Crippen LogP contribution in [0, 0.1) is 23.7 Å². The van der Waals surface area contributed by atoms with Crippen LogP contribution in [0.1, 0.15) is 72.1 Å². The molecule has 0 radical (unpaired) electrons. The van der Waals surface area contributed by atoms with Gasteiger partial charge in [0.25, 0.3) is 0 Å². The van der Waals surface area contributed by atoms with Crippen LogP contribution < -0.4 is 0 Å². The van der Waals surface area contributed by atoms with Crippen LogP contribution in [0.15, 0.2) is 12.2 Å². The Labute approximate surface area is 126 Å². The molecule has 0 spiro atoms. The van der Waals surface area contributed by atoms with Crippen LogP contribution in [0.5, 0.6) is 0 Å². The van der Waals surface area contributed by atoms with Crippen molar-refractivity contribution in [1.82, 2.24) is 0 Å². The third-order valence-electron chi connectivity index (χ3n) is 5.38. The average molecular weight is 278 g/mol. The van der Waals surface area contributed by atoms with Crippen LogP contribution >= 0.6 is 0 Å². The van der Waals surface area contributed by atoms with Gasteiger partial charge in [-0.1, -0.05) is 45.8 Å². The molecule has 2 aliphatic carbocycles. The zero-order valence-electron chi connectivity index (χ0n) is 13.8. The van der Waals surface area contributed by atoms with Crippen molar-refractivity contribution in [1.29, 1.82) is 0 Å². The van der Waals surface area contributed by atoms with Crippen LogP contribution in [-0.4, -0.2) is 12.7 Å². The standard InChI is InChI=1S/C19H34O/c1-4-13-20-19-12-11-18(14-16(19)3)10-9-17-7-5-15(2)6-8-17/h9-10,15-19H,4-8,11-14H2,1-3H3. The lowest BCUT2D eigenvalue weighted by atomic mass is 9.78. The van der Waals surface area contributed by atoms with E-state index >= 15 is 0 Å². The lowest BCUT2D eigenvalue weighted by Crippen LogP contribution is -2.29. The first-order chi connectivity index (χ1) is 9.69. The Hall–Kier alpha value is -0.300. The second-order valence-corrected chi connectivity index (χ2v) is 7.36. The van der Waals surface area contributed by atoms with Crippen molar-refractivity contribution in [3.8, 4) is 0 Å². The summed E-state index contributed by atoms with van der Waals surface area (Å²) in [5, 5.41) is 0. The highest BCUT2D eigenvalue weighted by atomic mass is 16.5. The Morgan fingerprint density at radius 1 is 0.900 bits per heavy atom. The minimum atomic E-state index is 0.523. The molecule has 0 aromatic heterocycles. The van der Waals surface area contributed by atoms with Crippen molar-refractivity contribution in [3.05, 3.63) is 12.2 Å². The quantitative estimate of drug-likeness (QED) is 0.595. The predicted molar refractivity (Wildman–Crippen MR) is 86.8 cm³/mol. The van der Waals surface area contributed by atoms with E-state index in [-0.39, 0.29) is 0 Å². The maximum atomic E-state index is 5.97. The van der Waals surface area contributed by atoms with Gasteiger partial charge < -0.3 is 4.74 Å². The maximum Gasteiger partial charge on any atom is 0.0601 e. The highest BCUT2D eigenvalue weighted by molar-refractivity contribution is 4.97. The monoisotopic (exact) mass is 278 g/mol. The van der Waals surface area contributed by atoms with Gasteiger partial charge in [0, 0.05) is 6.61 Å². The molecule has 3 atom stereocenters. The molecule has 2 fully saturated rings. The Balaban J connectivity index is 1.72. The van der Waals surface area contributed by atoms with E-state index < -0.39 is 0 Å². The minimum Gasteiger partial charge on any atom is -0.378 e. The summed E-state index contributed by atoms with van der Waals surface area (Å²) in [7, 11) is 0. The topological polar surface area (TPSA) is 9.23 Å². The Bertz CT molecular complexity index is 288. The molecule has 0 N–H and O–H groups in total. The summed E-state index contributed by atoms with van der Waals surface area (Å²) in [6, 6.07) is 0. The van der Waals surface area contributed by atoms with Crippen molar-refractivity contribution in [2.24, 2.45) is 23.7 Å². The van der Waals surface area contributed by atoms with E-state index in [4.69, 9.17) is 4.74 Å². The molecule has 0 saturated heterocycles. The molecule has 1 nitrogen and oxygen atoms in total. The summed E-state index contributed by atoms with van der Waals surface area (Å²) in [5.41, 5.74) is 0. The predicted octanol–water partition coefficient (Wildman–Crippen LogP) is 5.60. The first-order valence-corrected chi connectivity index (χ1v) is 8.99. The van der Waals surface area contributed by atoms with Gasteiger partial charge >= 0.3 is 0 Å². The van der Waals surface area contributed by atoms with Gasteiger partial charge in [-0.3, -0.25) is 0 Å². The third kappa shape index (κ3) is 4.91. The Morgan fingerprint density at radius 2 is 1.55 bits per heavy atom. The van der Waals surface area contributed by atoms with Gasteiger partial charge in [-0.05, 0) is 62.2 Å². The van der Waals surface area contributed by atoms with Crippen molar-refractivity contribution >= 4 is 0 Å². The average Bonchev–Trinajstić information content (AvgIpc) is 2.46. The summed E-state index contributed by atoms with van der Waals surface area (Å²) in [4.78, 5) is 0. The first kappa shape index (κ1) is 16.1. The van der Waals surface area contributed by atoms with E-state index in [1.165, 1.54) is 44.9 Å². The fraction of sp³-hybridized carbons (Fsp3) is 0.895. The molecule has 2 aliphatic rings. The van der Waals surface area contributed by atoms with E-state index in [9.17, 15) is 0 Å². The van der Waals surface area contributed by atoms with E-state index in [1.807, 2.05) is 0 Å². The molecule has 0 amide bonds. The molecule has 0 bridgehead atoms. The fourth-order valence-electron chi connectivity index (χ4n) is 3.89. The molecule has 2 saturated carbocycles. The van der Waals surface area contributed by atoms with Crippen LogP contribution in [0.2, 0.25) is 0 Å². The highest BCUT2D eigenvalue weighted by Crippen LogP contribution is 2.34. The number of hydrogen-bond donors (Lipinski definition) is 0. The summed E-state index contributed by atoms with van der Waals surface area (Å²) >= 11 is 0. The number of allylic oxidation sites excluding steroid dienone is 2. The second kappa shape index (κ2) is 8.22. The van der Waals surface area contributed by atoms with E-state index in [1.54, 1.807) is 0 Å². The second-order valence-electron chi connectivity index (χ2n) is 7.36. The van der Waals surface area contributed by atoms with Gasteiger partial charge in [0.1, 0.15) is 0 Å². The van der Waals surface area contributed by atoms with Gasteiger partial charge in [-0.2, -0.15) is 0 Å². The van der Waals surface area contributed by atoms with Gasteiger partial charge in [0.15, 0.2) is 0 Å². The number of hydrogen-bond acceptors (Lipinski definition) is 1. The lowest BCUT2D eigenvalue weighted by molar-refractivity contribution is -0.0119. The summed E-state index contributed by atoms with van der Waals surface area (Å²) in [6.07, 6.45) is 16.4. The highest BCUT2D eigenvalue weighted by Gasteiger charge is 2.27. The van der Waals surface area contributed by atoms with Crippen LogP contribution in [0.3, 0.4) is 0 Å². The zero-order valence-corrected chi connectivity index (χ0v) is 13.8. The van der Waals surface area contributed by atoms with Crippen molar-refractivity contribution in [2.75, 3.05) is 6.61 Å². The zero-order chi connectivity index (χ0) is 14.4. The summed E-state index contributed by atoms with van der Waals surface area (Å²) in [6.45, 7) is 7.92. The maximum absolute atomic E-state index is 5.97. The van der Waals surface area contributed by atoms with E-state index in [2.05, 4.69) is 32.9 Å². The molecule has 2 rings (SSSR count). The van der Waals surface area contributed by atoms with Gasteiger partial charge in [0.05, 0.1) is 6.10 Å². The summed E-state index contributed by atoms with van der Waals surface area (Å²) in [5.74, 6) is 3.38. The normalized spacial score (nSPS) is 39.2. The van der Waals surface area contributed by atoms with Gasteiger partial charge in [0.2, 0.25) is 0 Å². The van der Waals surface area contributed by atoms with E-state index in [0.29, 0.717) is 6.10 Å². The number of rotatable bonds is 5. The lowest BCUT2D eigenvalue weighted by Gasteiger charge is -2.33. The molecular weight excluding hydrogens is 244 g/mol. The van der Waals surface area contributed by atoms with E-state index in [0.717, 1.165) is 36.7 Å². The molecule has 20 heavy (non-hydrogen) atoms. The Kier molecular flexibility index (Phi) is 6.61. The number of ether oxygens (including phenoxy) is 1. The van der Waals surface area contributed by atoms with Crippen molar-refractivity contribution in [2.45, 2.75) is 78.2 Å². The largest absolute Gasteiger partial charge is 0.378 e. The molecule has 1 heteroatoms. The van der Waals surface area contributed by atoms with Gasteiger partial charge in [-0.15, -0.1) is 0 Å². The SMILES string of the molecule is CCCOC1CCC(C=CC2CCC(C)CC2)CC1C. The fourth-order valence-corrected chi connectivity index (χ4v) is 3.89.